The largest absolute Gasteiger partial charge is 0.507 e. The Kier molecular flexibility index (Phi) is 6.70. The Morgan fingerprint density at radius 3 is 2.80 bits per heavy atom. The fourth-order valence-corrected chi connectivity index (χ4v) is 7.53. The Hall–Kier alpha value is -3.69. The van der Waals surface area contributed by atoms with Gasteiger partial charge in [0.2, 0.25) is 5.95 Å². The number of fused-ring (bicyclic) bond motifs is 3. The Morgan fingerprint density at radius 2 is 2.07 bits per heavy atom. The molecule has 2 aromatic rings. The number of rotatable bonds is 5. The quantitative estimate of drug-likeness (QED) is 0.470. The van der Waals surface area contributed by atoms with Gasteiger partial charge in [-0.25, -0.2) is 14.8 Å². The highest BCUT2D eigenvalue weighted by Gasteiger charge is 2.60. The maximum Gasteiger partial charge on any atom is 0.343 e. The zero-order valence-corrected chi connectivity index (χ0v) is 24.0. The number of carbonyl (C=O) groups is 1. The third-order valence-electron chi connectivity index (χ3n) is 10.1. The van der Waals surface area contributed by atoms with E-state index in [1.807, 2.05) is 44.3 Å². The number of aliphatic hydroxyl groups excluding tert-OH is 2. The van der Waals surface area contributed by atoms with Crippen LogP contribution >= 0.6 is 0 Å². The Labute approximate surface area is 240 Å². The molecule has 216 valence electrons. The molecule has 3 unspecified atom stereocenters. The molecule has 6 rings (SSSR count). The van der Waals surface area contributed by atoms with E-state index >= 15 is 0 Å². The van der Waals surface area contributed by atoms with E-state index in [-0.39, 0.29) is 35.5 Å². The number of benzene rings is 1. The van der Waals surface area contributed by atoms with Crippen molar-refractivity contribution in [3.05, 3.63) is 65.7 Å². The lowest BCUT2D eigenvalue weighted by atomic mass is 9.45. The molecule has 0 bridgehead atoms. The molecule has 6 atom stereocenters. The van der Waals surface area contributed by atoms with E-state index in [9.17, 15) is 20.1 Å². The number of aromatic hydroxyl groups is 1. The molecule has 4 aliphatic rings. The van der Waals surface area contributed by atoms with Gasteiger partial charge in [0.15, 0.2) is 0 Å². The smallest absolute Gasteiger partial charge is 0.343 e. The second-order valence-corrected chi connectivity index (χ2v) is 12.6. The fourth-order valence-electron chi connectivity index (χ4n) is 7.53. The standard InChI is InChI=1S/C32H38N4O5/c1-31-10-9-28(39)32(2,18-37)27(31)16-25-23(17-36-12-11-33-30(36)34-25)24(31)8-6-20-14-22(41-29(20)40)13-19-5-7-21(35(3)4)15-26(19)38/h5-8,11-15,23-24,27-28,37-39H,9-10,16-18H2,1-4H3/b8-6+,22-13+/t23?,24?,27?,28-,31-,32+/m1/s1. The second-order valence-electron chi connectivity index (χ2n) is 12.6. The highest BCUT2D eigenvalue weighted by molar-refractivity contribution is 5.97. The highest BCUT2D eigenvalue weighted by atomic mass is 16.5. The van der Waals surface area contributed by atoms with Crippen molar-refractivity contribution in [2.75, 3.05) is 25.6 Å². The van der Waals surface area contributed by atoms with Gasteiger partial charge in [0.05, 0.1) is 18.3 Å². The van der Waals surface area contributed by atoms with Crippen LogP contribution in [-0.2, 0) is 16.1 Å². The summed E-state index contributed by atoms with van der Waals surface area (Å²) in [6, 6.07) is 5.36. The summed E-state index contributed by atoms with van der Waals surface area (Å²) in [5, 5.41) is 32.0. The SMILES string of the molecule is CN(C)c1ccc(/C=C2C=C(/C=C/C3C4Cn5ccnc5N=C4CC4[C@]3(C)CC[C@@H](O)[C@@]4(C)CO)C(=O)O\2)c(O)c1. The van der Waals surface area contributed by atoms with Crippen molar-refractivity contribution in [1.29, 1.82) is 0 Å². The van der Waals surface area contributed by atoms with Crippen LogP contribution in [0.15, 0.2) is 65.1 Å². The van der Waals surface area contributed by atoms with Gasteiger partial charge in [0.1, 0.15) is 11.5 Å². The van der Waals surface area contributed by atoms with Gasteiger partial charge in [-0.15, -0.1) is 0 Å². The van der Waals surface area contributed by atoms with Gasteiger partial charge in [0, 0.05) is 67.4 Å². The number of cyclic esters (lactones) is 1. The molecular formula is C32H38N4O5. The first-order valence-electron chi connectivity index (χ1n) is 14.2. The Balaban J connectivity index is 1.35. The zero-order chi connectivity index (χ0) is 29.1. The zero-order valence-electron chi connectivity index (χ0n) is 24.0. The number of esters is 1. The first-order chi connectivity index (χ1) is 19.5. The van der Waals surface area contributed by atoms with Crippen LogP contribution in [0, 0.1) is 28.6 Å². The summed E-state index contributed by atoms with van der Waals surface area (Å²) in [5.41, 5.74) is 2.01. The van der Waals surface area contributed by atoms with Crippen molar-refractivity contribution in [3.8, 4) is 5.75 Å². The minimum absolute atomic E-state index is 0.00277. The average Bonchev–Trinajstić information content (AvgIpc) is 3.55. The van der Waals surface area contributed by atoms with Crippen LogP contribution in [0.3, 0.4) is 0 Å². The van der Waals surface area contributed by atoms with Gasteiger partial charge >= 0.3 is 5.97 Å². The normalized spacial score (nSPS) is 33.6. The number of hydrogen-bond donors (Lipinski definition) is 3. The maximum atomic E-state index is 12.9. The van der Waals surface area contributed by atoms with Gasteiger partial charge in [-0.2, -0.15) is 0 Å². The number of carbonyl (C=O) groups excluding carboxylic acids is 1. The van der Waals surface area contributed by atoms with Crippen molar-refractivity contribution in [3.63, 3.8) is 0 Å². The van der Waals surface area contributed by atoms with E-state index in [0.717, 1.165) is 24.4 Å². The van der Waals surface area contributed by atoms with Crippen molar-refractivity contribution in [2.24, 2.45) is 33.6 Å². The summed E-state index contributed by atoms with van der Waals surface area (Å²) in [7, 11) is 3.80. The van der Waals surface area contributed by atoms with Gasteiger partial charge < -0.3 is 29.5 Å². The van der Waals surface area contributed by atoms with E-state index in [1.54, 1.807) is 30.5 Å². The van der Waals surface area contributed by atoms with E-state index in [4.69, 9.17) is 9.73 Å². The molecule has 2 saturated carbocycles. The van der Waals surface area contributed by atoms with E-state index in [1.165, 1.54) is 0 Å². The van der Waals surface area contributed by atoms with Gasteiger partial charge in [0.25, 0.3) is 0 Å². The summed E-state index contributed by atoms with van der Waals surface area (Å²) in [6.07, 6.45) is 12.5. The molecule has 3 heterocycles. The van der Waals surface area contributed by atoms with Crippen LogP contribution in [0.25, 0.3) is 6.08 Å². The first kappa shape index (κ1) is 27.5. The minimum Gasteiger partial charge on any atom is -0.507 e. The Morgan fingerprint density at radius 1 is 1.27 bits per heavy atom. The van der Waals surface area contributed by atoms with Crippen LogP contribution in [0.1, 0.15) is 38.7 Å². The number of aliphatic imine (C=N–C) groups is 1. The van der Waals surface area contributed by atoms with E-state index < -0.39 is 17.5 Å². The summed E-state index contributed by atoms with van der Waals surface area (Å²) in [5.74, 6) is 0.833. The topological polar surface area (TPSA) is 120 Å². The van der Waals surface area contributed by atoms with Crippen molar-refractivity contribution in [1.82, 2.24) is 9.55 Å². The van der Waals surface area contributed by atoms with Crippen molar-refractivity contribution < 1.29 is 24.9 Å². The number of aliphatic hydroxyl groups is 2. The molecule has 9 nitrogen and oxygen atoms in total. The van der Waals surface area contributed by atoms with Crippen molar-refractivity contribution in [2.45, 2.75) is 45.8 Å². The lowest BCUT2D eigenvalue weighted by Crippen LogP contribution is -2.60. The number of imidazole rings is 1. The number of allylic oxidation sites excluding steroid dienone is 2. The lowest BCUT2D eigenvalue weighted by molar-refractivity contribution is -0.147. The van der Waals surface area contributed by atoms with E-state index in [0.29, 0.717) is 35.7 Å². The third-order valence-corrected chi connectivity index (χ3v) is 10.1. The minimum atomic E-state index is -0.662. The number of phenols is 1. The van der Waals surface area contributed by atoms with Crippen LogP contribution in [0.4, 0.5) is 11.6 Å². The number of hydrogen-bond acceptors (Lipinski definition) is 8. The lowest BCUT2D eigenvalue weighted by Gasteiger charge is -2.61. The predicted molar refractivity (Wildman–Crippen MR) is 157 cm³/mol. The van der Waals surface area contributed by atoms with Gasteiger partial charge in [-0.05, 0) is 60.8 Å². The fraction of sp³-hybridized carbons (Fsp3) is 0.469. The molecular weight excluding hydrogens is 520 g/mol. The summed E-state index contributed by atoms with van der Waals surface area (Å²) < 4.78 is 7.61. The van der Waals surface area contributed by atoms with Gasteiger partial charge in [-0.1, -0.05) is 26.0 Å². The van der Waals surface area contributed by atoms with Crippen LogP contribution in [0.2, 0.25) is 0 Å². The summed E-state index contributed by atoms with van der Waals surface area (Å²) >= 11 is 0. The molecule has 41 heavy (non-hydrogen) atoms. The summed E-state index contributed by atoms with van der Waals surface area (Å²) in [6.45, 7) is 4.88. The number of phenolic OH excluding ortho intramolecular Hbond substituents is 1. The molecule has 2 aliphatic heterocycles. The molecule has 9 heteroatoms. The number of anilines is 1. The highest BCUT2D eigenvalue weighted by Crippen LogP contribution is 2.61. The molecule has 3 N–H and O–H groups in total. The number of ether oxygens (including phenoxy) is 1. The molecule has 1 aromatic heterocycles. The van der Waals surface area contributed by atoms with Crippen LogP contribution in [-0.4, -0.2) is 63.4 Å². The molecule has 0 radical (unpaired) electrons. The first-order valence-corrected chi connectivity index (χ1v) is 14.2. The maximum absolute atomic E-state index is 12.9. The Bertz CT molecular complexity index is 1500. The molecule has 2 aliphatic carbocycles. The molecule has 1 aromatic carbocycles. The summed E-state index contributed by atoms with van der Waals surface area (Å²) in [4.78, 5) is 24.1. The van der Waals surface area contributed by atoms with Crippen molar-refractivity contribution >= 4 is 29.4 Å². The van der Waals surface area contributed by atoms with Crippen LogP contribution in [0.5, 0.6) is 5.75 Å². The van der Waals surface area contributed by atoms with E-state index in [2.05, 4.69) is 22.6 Å². The third kappa shape index (κ3) is 4.51. The molecule has 0 spiro atoms. The predicted octanol–water partition coefficient (Wildman–Crippen LogP) is 4.23. The van der Waals surface area contributed by atoms with Gasteiger partial charge in [-0.3, -0.25) is 0 Å². The second kappa shape index (κ2) is 9.99. The number of aromatic nitrogens is 2. The number of nitrogens with zero attached hydrogens (tertiary/aromatic N) is 4. The monoisotopic (exact) mass is 558 g/mol. The van der Waals surface area contributed by atoms with Crippen LogP contribution < -0.4 is 4.90 Å². The molecule has 2 fully saturated rings. The average molecular weight is 559 g/mol. The molecule has 0 saturated heterocycles. The molecule has 0 amide bonds.